The summed E-state index contributed by atoms with van der Waals surface area (Å²) < 4.78 is 5.58. The Morgan fingerprint density at radius 1 is 0.875 bits per heavy atom. The molecule has 0 aliphatic rings. The van der Waals surface area contributed by atoms with Crippen LogP contribution in [0.5, 0.6) is 0 Å². The van der Waals surface area contributed by atoms with Gasteiger partial charge in [0.15, 0.2) is 0 Å². The Kier molecular flexibility index (Phi) is 17.9. The lowest BCUT2D eigenvalue weighted by Crippen LogP contribution is -2.09. The van der Waals surface area contributed by atoms with Gasteiger partial charge in [-0.1, -0.05) is 83.1 Å². The predicted molar refractivity (Wildman–Crippen MR) is 104 cm³/mol. The minimum absolute atomic E-state index is 0.162. The predicted octanol–water partition coefficient (Wildman–Crippen LogP) is 5.91. The Morgan fingerprint density at radius 3 is 1.71 bits per heavy atom. The van der Waals surface area contributed by atoms with Crippen LogP contribution in [0.2, 0.25) is 0 Å². The molecule has 0 rings (SSSR count). The molecule has 3 heteroatoms. The van der Waals surface area contributed by atoms with Crippen molar-refractivity contribution in [1.29, 1.82) is 0 Å². The Bertz CT molecular complexity index is 292. The Hall–Kier alpha value is -0.830. The maximum absolute atomic E-state index is 10.6. The van der Waals surface area contributed by atoms with Gasteiger partial charge in [0.05, 0.1) is 12.7 Å². The van der Waals surface area contributed by atoms with E-state index in [2.05, 4.69) is 13.5 Å². The van der Waals surface area contributed by atoms with E-state index in [1.807, 2.05) is 6.08 Å². The van der Waals surface area contributed by atoms with E-state index >= 15 is 0 Å². The molecule has 0 aliphatic carbocycles. The summed E-state index contributed by atoms with van der Waals surface area (Å²) in [6.45, 7) is 6.50. The fourth-order valence-electron chi connectivity index (χ4n) is 2.99. The summed E-state index contributed by atoms with van der Waals surface area (Å²) in [6, 6.07) is 0. The third-order valence-electron chi connectivity index (χ3n) is 4.53. The summed E-state index contributed by atoms with van der Waals surface area (Å²) in [4.78, 5) is 10.6. The fraction of sp³-hybridized carbons (Fsp3) is 0.857. The molecular formula is C21H41NO2. The van der Waals surface area contributed by atoms with Gasteiger partial charge in [-0.05, 0) is 19.8 Å². The van der Waals surface area contributed by atoms with Crippen molar-refractivity contribution in [2.24, 2.45) is 5.73 Å². The maximum Gasteiger partial charge on any atom is 0.217 e. The highest BCUT2D eigenvalue weighted by molar-refractivity contribution is 5.73. The van der Waals surface area contributed by atoms with Gasteiger partial charge in [0.2, 0.25) is 5.91 Å². The molecule has 0 heterocycles. The van der Waals surface area contributed by atoms with Crippen LogP contribution >= 0.6 is 0 Å². The van der Waals surface area contributed by atoms with Crippen LogP contribution in [0.3, 0.4) is 0 Å². The molecule has 0 aromatic carbocycles. The SMILES string of the molecule is C=CCOC(C)CCCCCCCCCCCCCCCC(N)=O. The van der Waals surface area contributed by atoms with Gasteiger partial charge in [-0.2, -0.15) is 0 Å². The van der Waals surface area contributed by atoms with Gasteiger partial charge in [0, 0.05) is 6.42 Å². The first-order valence-electron chi connectivity index (χ1n) is 10.2. The van der Waals surface area contributed by atoms with Crippen LogP contribution in [0.4, 0.5) is 0 Å². The van der Waals surface area contributed by atoms with E-state index < -0.39 is 0 Å². The standard InChI is InChI=1S/C21H41NO2/c1-3-19-24-20(2)17-15-13-11-9-7-5-4-6-8-10-12-14-16-18-21(22)23/h3,20H,1,4-19H2,2H3,(H2,22,23). The second kappa shape index (κ2) is 18.5. The first kappa shape index (κ1) is 23.2. The van der Waals surface area contributed by atoms with E-state index in [0.717, 1.165) is 12.8 Å². The third-order valence-corrected chi connectivity index (χ3v) is 4.53. The minimum atomic E-state index is -0.162. The highest BCUT2D eigenvalue weighted by Crippen LogP contribution is 2.14. The van der Waals surface area contributed by atoms with E-state index in [0.29, 0.717) is 19.1 Å². The molecule has 0 saturated heterocycles. The summed E-state index contributed by atoms with van der Waals surface area (Å²) in [5.74, 6) is -0.162. The number of carbonyl (C=O) groups is 1. The van der Waals surface area contributed by atoms with Crippen molar-refractivity contribution in [3.05, 3.63) is 12.7 Å². The van der Waals surface area contributed by atoms with Crippen molar-refractivity contribution < 1.29 is 9.53 Å². The molecule has 0 fully saturated rings. The number of unbranched alkanes of at least 4 members (excludes halogenated alkanes) is 12. The monoisotopic (exact) mass is 339 g/mol. The quantitative estimate of drug-likeness (QED) is 0.235. The van der Waals surface area contributed by atoms with E-state index in [4.69, 9.17) is 10.5 Å². The average molecular weight is 340 g/mol. The van der Waals surface area contributed by atoms with Gasteiger partial charge < -0.3 is 10.5 Å². The minimum Gasteiger partial charge on any atom is -0.374 e. The number of amides is 1. The molecule has 0 radical (unpaired) electrons. The van der Waals surface area contributed by atoms with Gasteiger partial charge in [-0.15, -0.1) is 6.58 Å². The molecule has 142 valence electrons. The van der Waals surface area contributed by atoms with Crippen LogP contribution in [0.25, 0.3) is 0 Å². The molecule has 0 bridgehead atoms. The summed E-state index contributed by atoms with van der Waals surface area (Å²) in [7, 11) is 0. The number of hydrogen-bond acceptors (Lipinski definition) is 2. The molecule has 3 nitrogen and oxygen atoms in total. The van der Waals surface area contributed by atoms with Crippen LogP contribution in [-0.2, 0) is 9.53 Å². The Labute approximate surface area is 150 Å². The fourth-order valence-corrected chi connectivity index (χ4v) is 2.99. The van der Waals surface area contributed by atoms with Gasteiger partial charge in [-0.3, -0.25) is 4.79 Å². The maximum atomic E-state index is 10.6. The molecule has 1 atom stereocenters. The van der Waals surface area contributed by atoms with Crippen molar-refractivity contribution in [3.8, 4) is 0 Å². The molecule has 0 saturated carbocycles. The summed E-state index contributed by atoms with van der Waals surface area (Å²) in [5.41, 5.74) is 5.12. The largest absolute Gasteiger partial charge is 0.374 e. The molecule has 24 heavy (non-hydrogen) atoms. The molecule has 1 amide bonds. The van der Waals surface area contributed by atoms with Crippen molar-refractivity contribution in [3.63, 3.8) is 0 Å². The number of rotatable bonds is 19. The molecule has 0 spiro atoms. The lowest BCUT2D eigenvalue weighted by Gasteiger charge is -2.11. The number of primary amides is 1. The highest BCUT2D eigenvalue weighted by atomic mass is 16.5. The van der Waals surface area contributed by atoms with Crippen molar-refractivity contribution in [2.75, 3.05) is 6.61 Å². The second-order valence-corrected chi connectivity index (χ2v) is 7.03. The number of carbonyl (C=O) groups excluding carboxylic acids is 1. The molecule has 0 aromatic rings. The second-order valence-electron chi connectivity index (χ2n) is 7.03. The first-order chi connectivity index (χ1) is 11.7. The van der Waals surface area contributed by atoms with Gasteiger partial charge in [0.1, 0.15) is 0 Å². The molecule has 1 unspecified atom stereocenters. The van der Waals surface area contributed by atoms with Crippen LogP contribution < -0.4 is 5.73 Å². The van der Waals surface area contributed by atoms with E-state index in [1.54, 1.807) is 0 Å². The highest BCUT2D eigenvalue weighted by Gasteiger charge is 2.00. The lowest BCUT2D eigenvalue weighted by molar-refractivity contribution is -0.118. The number of ether oxygens (including phenoxy) is 1. The van der Waals surface area contributed by atoms with Crippen molar-refractivity contribution >= 4 is 5.91 Å². The Balaban J connectivity index is 3.07. The van der Waals surface area contributed by atoms with Crippen molar-refractivity contribution in [1.82, 2.24) is 0 Å². The summed E-state index contributed by atoms with van der Waals surface area (Å²) in [5, 5.41) is 0. The van der Waals surface area contributed by atoms with Gasteiger partial charge >= 0.3 is 0 Å². The van der Waals surface area contributed by atoms with Crippen molar-refractivity contribution in [2.45, 2.75) is 109 Å². The zero-order chi connectivity index (χ0) is 17.9. The molecule has 0 aliphatic heterocycles. The first-order valence-corrected chi connectivity index (χ1v) is 10.2. The van der Waals surface area contributed by atoms with Gasteiger partial charge in [-0.25, -0.2) is 0 Å². The van der Waals surface area contributed by atoms with E-state index in [-0.39, 0.29) is 5.91 Å². The smallest absolute Gasteiger partial charge is 0.217 e. The van der Waals surface area contributed by atoms with Crippen LogP contribution in [-0.4, -0.2) is 18.6 Å². The Morgan fingerprint density at radius 2 is 1.29 bits per heavy atom. The summed E-state index contributed by atoms with van der Waals surface area (Å²) in [6.07, 6.45) is 20.9. The van der Waals surface area contributed by atoms with Crippen LogP contribution in [0.15, 0.2) is 12.7 Å². The molecule has 0 aromatic heterocycles. The zero-order valence-electron chi connectivity index (χ0n) is 16.1. The van der Waals surface area contributed by atoms with E-state index in [9.17, 15) is 4.79 Å². The average Bonchev–Trinajstić information content (AvgIpc) is 2.56. The number of hydrogen-bond donors (Lipinski definition) is 1. The van der Waals surface area contributed by atoms with Gasteiger partial charge in [0.25, 0.3) is 0 Å². The van der Waals surface area contributed by atoms with Crippen LogP contribution in [0, 0.1) is 0 Å². The lowest BCUT2D eigenvalue weighted by atomic mass is 10.0. The normalized spacial score (nSPS) is 12.2. The molecular weight excluding hydrogens is 298 g/mol. The molecule has 2 N–H and O–H groups in total. The third kappa shape index (κ3) is 19.2. The number of nitrogens with two attached hydrogens (primary N) is 1. The zero-order valence-corrected chi connectivity index (χ0v) is 16.1. The summed E-state index contributed by atoms with van der Waals surface area (Å²) >= 11 is 0. The topological polar surface area (TPSA) is 52.3 Å². The van der Waals surface area contributed by atoms with Crippen LogP contribution in [0.1, 0.15) is 103 Å². The van der Waals surface area contributed by atoms with E-state index in [1.165, 1.54) is 77.0 Å².